The minimum atomic E-state index is -0.937. The summed E-state index contributed by atoms with van der Waals surface area (Å²) < 4.78 is 16.6. The number of Topliss-reactive ketones (excluding diaryl/α,β-unsaturated/α-hetero) is 1. The van der Waals surface area contributed by atoms with Crippen LogP contribution in [0.15, 0.2) is 93.2 Å². The van der Waals surface area contributed by atoms with Crippen molar-refractivity contribution >= 4 is 28.3 Å². The Balaban J connectivity index is 1.64. The monoisotopic (exact) mass is 415 g/mol. The van der Waals surface area contributed by atoms with Crippen LogP contribution in [-0.2, 0) is 4.79 Å². The fourth-order valence-corrected chi connectivity index (χ4v) is 3.85. The first-order valence-corrected chi connectivity index (χ1v) is 9.56. The zero-order valence-corrected chi connectivity index (χ0v) is 16.4. The highest BCUT2D eigenvalue weighted by molar-refractivity contribution is 6.20. The average Bonchev–Trinajstić information content (AvgIpc) is 3.52. The van der Waals surface area contributed by atoms with Gasteiger partial charge < -0.3 is 18.7 Å². The number of furan rings is 2. The summed E-state index contributed by atoms with van der Waals surface area (Å²) in [5.41, 5.74) is 0.823. The van der Waals surface area contributed by atoms with Crippen molar-refractivity contribution < 1.29 is 28.3 Å². The number of nitrogens with zero attached hydrogens (tertiary/aromatic N) is 1. The highest BCUT2D eigenvalue weighted by Gasteiger charge is 2.46. The first kappa shape index (κ1) is 18.7. The van der Waals surface area contributed by atoms with Crippen LogP contribution in [-0.4, -0.2) is 23.9 Å². The molecule has 0 fully saturated rings. The minimum absolute atomic E-state index is 0.0136. The van der Waals surface area contributed by atoms with Gasteiger partial charge in [-0.15, -0.1) is 0 Å². The second-order valence-corrected chi connectivity index (χ2v) is 7.01. The Morgan fingerprint density at radius 2 is 1.87 bits per heavy atom. The van der Waals surface area contributed by atoms with Crippen LogP contribution in [0.25, 0.3) is 11.0 Å². The molecule has 1 amide bonds. The zero-order valence-electron chi connectivity index (χ0n) is 16.4. The van der Waals surface area contributed by atoms with E-state index in [4.69, 9.17) is 13.6 Å². The summed E-state index contributed by atoms with van der Waals surface area (Å²) in [5, 5.41) is 11.4. The van der Waals surface area contributed by atoms with Crippen LogP contribution in [0.5, 0.6) is 5.75 Å². The largest absolute Gasteiger partial charge is 0.503 e. The molecule has 7 heteroatoms. The molecular formula is C24H17NO6. The van der Waals surface area contributed by atoms with Crippen molar-refractivity contribution in [2.45, 2.75) is 6.04 Å². The molecule has 0 radical (unpaired) electrons. The molecule has 0 saturated carbocycles. The molecule has 2 aromatic carbocycles. The summed E-state index contributed by atoms with van der Waals surface area (Å²) in [6.07, 6.45) is 1.45. The van der Waals surface area contributed by atoms with Crippen molar-refractivity contribution in [2.75, 3.05) is 12.0 Å². The fraction of sp³-hybridized carbons (Fsp3) is 0.0833. The van der Waals surface area contributed by atoms with Crippen molar-refractivity contribution in [3.05, 3.63) is 95.8 Å². The Bertz CT molecular complexity index is 1320. The number of carbonyl (C=O) groups is 2. The van der Waals surface area contributed by atoms with Gasteiger partial charge in [-0.1, -0.05) is 30.3 Å². The number of ether oxygens (including phenoxy) is 1. The molecule has 2 aromatic heterocycles. The molecule has 4 aromatic rings. The third-order valence-corrected chi connectivity index (χ3v) is 5.25. The summed E-state index contributed by atoms with van der Waals surface area (Å²) in [6.45, 7) is 0. The molecule has 0 spiro atoms. The molecule has 1 aliphatic heterocycles. The van der Waals surface area contributed by atoms with E-state index in [1.54, 1.807) is 60.7 Å². The Hall–Kier alpha value is -4.26. The number of rotatable bonds is 5. The quantitative estimate of drug-likeness (QED) is 0.470. The minimum Gasteiger partial charge on any atom is -0.503 e. The lowest BCUT2D eigenvalue weighted by atomic mass is 9.99. The summed E-state index contributed by atoms with van der Waals surface area (Å²) in [6, 6.07) is 18.0. The van der Waals surface area contributed by atoms with Gasteiger partial charge in [0.25, 0.3) is 5.91 Å². The lowest BCUT2D eigenvalue weighted by molar-refractivity contribution is -0.117. The van der Waals surface area contributed by atoms with E-state index in [9.17, 15) is 14.7 Å². The SMILES string of the molecule is COc1cccc2cc(C(=O)C3=C(O)C(=O)N(c4ccccc4)C3c3ccco3)oc12. The van der Waals surface area contributed by atoms with E-state index < -0.39 is 23.5 Å². The van der Waals surface area contributed by atoms with Crippen LogP contribution in [0.2, 0.25) is 0 Å². The number of ketones is 1. The number of amides is 1. The van der Waals surface area contributed by atoms with E-state index in [0.29, 0.717) is 28.2 Å². The molecule has 0 saturated heterocycles. The van der Waals surface area contributed by atoms with Crippen molar-refractivity contribution in [3.8, 4) is 5.75 Å². The van der Waals surface area contributed by atoms with Crippen LogP contribution in [0.3, 0.4) is 0 Å². The van der Waals surface area contributed by atoms with Crippen molar-refractivity contribution in [1.82, 2.24) is 0 Å². The molecule has 0 aliphatic carbocycles. The summed E-state index contributed by atoms with van der Waals surface area (Å²) in [7, 11) is 1.51. The zero-order chi connectivity index (χ0) is 21.5. The number of methoxy groups -OCH3 is 1. The van der Waals surface area contributed by atoms with E-state index in [-0.39, 0.29) is 11.3 Å². The Morgan fingerprint density at radius 3 is 2.58 bits per heavy atom. The van der Waals surface area contributed by atoms with E-state index in [1.165, 1.54) is 18.3 Å². The molecule has 31 heavy (non-hydrogen) atoms. The lowest BCUT2D eigenvalue weighted by Crippen LogP contribution is -2.30. The molecule has 1 N–H and O–H groups in total. The Labute approximate surface area is 176 Å². The molecule has 1 unspecified atom stereocenters. The number of hydrogen-bond acceptors (Lipinski definition) is 6. The molecular weight excluding hydrogens is 398 g/mol. The molecule has 5 rings (SSSR count). The van der Waals surface area contributed by atoms with Gasteiger partial charge in [-0.25, -0.2) is 0 Å². The first-order chi connectivity index (χ1) is 15.1. The fourth-order valence-electron chi connectivity index (χ4n) is 3.85. The van der Waals surface area contributed by atoms with Gasteiger partial charge in [0.15, 0.2) is 22.9 Å². The van der Waals surface area contributed by atoms with Crippen molar-refractivity contribution in [3.63, 3.8) is 0 Å². The predicted octanol–water partition coefficient (Wildman–Crippen LogP) is 4.82. The van der Waals surface area contributed by atoms with E-state index in [0.717, 1.165) is 0 Å². The molecule has 0 bridgehead atoms. The summed E-state index contributed by atoms with van der Waals surface area (Å²) in [5.74, 6) is -1.12. The smallest absolute Gasteiger partial charge is 0.294 e. The molecule has 154 valence electrons. The second-order valence-electron chi connectivity index (χ2n) is 7.01. The second kappa shape index (κ2) is 7.21. The van der Waals surface area contributed by atoms with E-state index in [2.05, 4.69) is 0 Å². The van der Waals surface area contributed by atoms with Gasteiger partial charge in [0, 0.05) is 11.1 Å². The number of para-hydroxylation sites is 2. The standard InChI is InChI=1S/C24H17NO6/c1-29-17-10-5-7-14-13-18(31-23(14)17)21(26)19-20(16-11-6-12-30-16)25(24(28)22(19)27)15-8-3-2-4-9-15/h2-13,20,27H,1H3. The molecule has 3 heterocycles. The number of hydrogen-bond donors (Lipinski definition) is 1. The number of carbonyl (C=O) groups excluding carboxylic acids is 2. The van der Waals surface area contributed by atoms with Crippen LogP contribution in [0.1, 0.15) is 22.4 Å². The van der Waals surface area contributed by atoms with Crippen LogP contribution >= 0.6 is 0 Å². The van der Waals surface area contributed by atoms with E-state index >= 15 is 0 Å². The number of aliphatic hydroxyl groups is 1. The van der Waals surface area contributed by atoms with E-state index in [1.807, 2.05) is 6.07 Å². The molecule has 1 aliphatic rings. The summed E-state index contributed by atoms with van der Waals surface area (Å²) >= 11 is 0. The number of anilines is 1. The van der Waals surface area contributed by atoms with Gasteiger partial charge in [-0.2, -0.15) is 0 Å². The third-order valence-electron chi connectivity index (χ3n) is 5.25. The third kappa shape index (κ3) is 2.90. The van der Waals surface area contributed by atoms with Gasteiger partial charge in [-0.05, 0) is 36.4 Å². The van der Waals surface area contributed by atoms with Gasteiger partial charge in [-0.3, -0.25) is 14.5 Å². The van der Waals surface area contributed by atoms with Gasteiger partial charge in [0.05, 0.1) is 18.9 Å². The topological polar surface area (TPSA) is 93.1 Å². The van der Waals surface area contributed by atoms with Gasteiger partial charge in [0.2, 0.25) is 5.78 Å². The maximum atomic E-state index is 13.5. The van der Waals surface area contributed by atoms with Crippen LogP contribution < -0.4 is 9.64 Å². The average molecular weight is 415 g/mol. The number of aliphatic hydroxyl groups excluding tert-OH is 1. The summed E-state index contributed by atoms with van der Waals surface area (Å²) in [4.78, 5) is 27.8. The lowest BCUT2D eigenvalue weighted by Gasteiger charge is -2.24. The van der Waals surface area contributed by atoms with Crippen LogP contribution in [0, 0.1) is 0 Å². The highest BCUT2D eigenvalue weighted by atomic mass is 16.5. The molecule has 1 atom stereocenters. The number of fused-ring (bicyclic) bond motifs is 1. The Kier molecular flexibility index (Phi) is 4.36. The maximum Gasteiger partial charge on any atom is 0.294 e. The van der Waals surface area contributed by atoms with Gasteiger partial charge in [0.1, 0.15) is 11.8 Å². The first-order valence-electron chi connectivity index (χ1n) is 9.56. The normalized spacial score (nSPS) is 16.4. The predicted molar refractivity (Wildman–Crippen MR) is 112 cm³/mol. The maximum absolute atomic E-state index is 13.5. The number of benzene rings is 2. The highest BCUT2D eigenvalue weighted by Crippen LogP contribution is 2.42. The van der Waals surface area contributed by atoms with Gasteiger partial charge >= 0.3 is 0 Å². The van der Waals surface area contributed by atoms with Crippen molar-refractivity contribution in [1.29, 1.82) is 0 Å². The van der Waals surface area contributed by atoms with Crippen molar-refractivity contribution in [2.24, 2.45) is 0 Å². The van der Waals surface area contributed by atoms with Crippen LogP contribution in [0.4, 0.5) is 5.69 Å². The molecule has 7 nitrogen and oxygen atoms in total. The Morgan fingerprint density at radius 1 is 1.06 bits per heavy atom.